The minimum atomic E-state index is -0.211. The van der Waals surface area contributed by atoms with E-state index in [0.717, 1.165) is 41.2 Å². The number of aromatic nitrogens is 2. The molecule has 0 bridgehead atoms. The fourth-order valence-electron chi connectivity index (χ4n) is 3.09. The minimum Gasteiger partial charge on any atom is -0.369 e. The van der Waals surface area contributed by atoms with Crippen LogP contribution in [0.1, 0.15) is 31.7 Å². The Balaban J connectivity index is 2.04. The van der Waals surface area contributed by atoms with Gasteiger partial charge in [-0.3, -0.25) is 4.79 Å². The van der Waals surface area contributed by atoms with Crippen LogP contribution in [-0.4, -0.2) is 29.0 Å². The van der Waals surface area contributed by atoms with E-state index in [1.54, 1.807) is 11.3 Å². The van der Waals surface area contributed by atoms with Gasteiger partial charge in [-0.2, -0.15) is 0 Å². The summed E-state index contributed by atoms with van der Waals surface area (Å²) >= 11 is 1.68. The van der Waals surface area contributed by atoms with Gasteiger partial charge in [0.2, 0.25) is 5.91 Å². The summed E-state index contributed by atoms with van der Waals surface area (Å²) in [5.41, 5.74) is 6.77. The molecule has 0 spiro atoms. The molecule has 0 saturated carbocycles. The molecule has 1 saturated heterocycles. The Morgan fingerprint density at radius 1 is 1.50 bits per heavy atom. The van der Waals surface area contributed by atoms with Crippen molar-refractivity contribution < 1.29 is 4.79 Å². The minimum absolute atomic E-state index is 0.0718. The summed E-state index contributed by atoms with van der Waals surface area (Å²) in [5, 5.41) is 3.36. The lowest BCUT2D eigenvalue weighted by atomic mass is 10.0. The van der Waals surface area contributed by atoms with Crippen LogP contribution in [0.4, 0.5) is 5.82 Å². The zero-order chi connectivity index (χ0) is 15.9. The SMILES string of the molecule is Cc1nc(N2CC[C@@H](C(N)=O)C2)c2c(CC(C)C)csc2n1. The van der Waals surface area contributed by atoms with Gasteiger partial charge in [0, 0.05) is 13.1 Å². The van der Waals surface area contributed by atoms with E-state index in [4.69, 9.17) is 5.73 Å². The molecule has 1 aliphatic heterocycles. The van der Waals surface area contributed by atoms with E-state index in [2.05, 4.69) is 34.1 Å². The highest BCUT2D eigenvalue weighted by Crippen LogP contribution is 2.35. The van der Waals surface area contributed by atoms with Gasteiger partial charge in [-0.15, -0.1) is 11.3 Å². The smallest absolute Gasteiger partial charge is 0.222 e. The fourth-order valence-corrected chi connectivity index (χ4v) is 4.08. The second kappa shape index (κ2) is 5.83. The lowest BCUT2D eigenvalue weighted by Crippen LogP contribution is -2.28. The number of thiophene rings is 1. The van der Waals surface area contributed by atoms with Crippen LogP contribution in [0.2, 0.25) is 0 Å². The number of fused-ring (bicyclic) bond motifs is 1. The van der Waals surface area contributed by atoms with Crippen molar-refractivity contribution in [3.63, 3.8) is 0 Å². The predicted octanol–water partition coefficient (Wildman–Crippen LogP) is 2.51. The lowest BCUT2D eigenvalue weighted by molar-refractivity contribution is -0.121. The van der Waals surface area contributed by atoms with E-state index in [1.165, 1.54) is 5.56 Å². The maximum atomic E-state index is 11.4. The van der Waals surface area contributed by atoms with Crippen LogP contribution in [0.3, 0.4) is 0 Å². The molecular weight excluding hydrogens is 296 g/mol. The number of hydrogen-bond acceptors (Lipinski definition) is 5. The molecule has 118 valence electrons. The van der Waals surface area contributed by atoms with Crippen LogP contribution in [0.25, 0.3) is 10.2 Å². The van der Waals surface area contributed by atoms with Gasteiger partial charge in [0.15, 0.2) is 0 Å². The standard InChI is InChI=1S/C16H22N4OS/c1-9(2)6-12-8-22-16-13(12)15(18-10(3)19-16)20-5-4-11(7-20)14(17)21/h8-9,11H,4-7H2,1-3H3,(H2,17,21)/t11-/m1/s1. The average molecular weight is 318 g/mol. The molecule has 6 heteroatoms. The summed E-state index contributed by atoms with van der Waals surface area (Å²) in [6.07, 6.45) is 1.83. The normalized spacial score (nSPS) is 18.5. The zero-order valence-electron chi connectivity index (χ0n) is 13.3. The highest BCUT2D eigenvalue weighted by Gasteiger charge is 2.29. The number of rotatable bonds is 4. The zero-order valence-corrected chi connectivity index (χ0v) is 14.1. The summed E-state index contributed by atoms with van der Waals surface area (Å²) in [4.78, 5) is 23.9. The van der Waals surface area contributed by atoms with Crippen molar-refractivity contribution in [3.8, 4) is 0 Å². The Hall–Kier alpha value is -1.69. The lowest BCUT2D eigenvalue weighted by Gasteiger charge is -2.19. The third-order valence-corrected chi connectivity index (χ3v) is 5.04. The summed E-state index contributed by atoms with van der Waals surface area (Å²) in [7, 11) is 0. The van der Waals surface area contributed by atoms with E-state index >= 15 is 0 Å². The Morgan fingerprint density at radius 2 is 2.27 bits per heavy atom. The van der Waals surface area contributed by atoms with Crippen molar-refractivity contribution in [3.05, 3.63) is 16.8 Å². The first-order valence-corrected chi connectivity index (χ1v) is 8.62. The number of nitrogens with two attached hydrogens (primary N) is 1. The molecule has 0 aliphatic carbocycles. The number of nitrogens with zero attached hydrogens (tertiary/aromatic N) is 3. The third-order valence-electron chi connectivity index (χ3n) is 4.12. The number of anilines is 1. The molecular formula is C16H22N4OS. The topological polar surface area (TPSA) is 72.1 Å². The Labute approximate surface area is 134 Å². The van der Waals surface area contributed by atoms with E-state index in [-0.39, 0.29) is 11.8 Å². The first-order valence-electron chi connectivity index (χ1n) is 7.74. The molecule has 1 fully saturated rings. The van der Waals surface area contributed by atoms with Gasteiger partial charge in [-0.05, 0) is 36.6 Å². The molecule has 2 aromatic rings. The van der Waals surface area contributed by atoms with Crippen LogP contribution >= 0.6 is 11.3 Å². The van der Waals surface area contributed by atoms with Crippen molar-refractivity contribution in [1.29, 1.82) is 0 Å². The van der Waals surface area contributed by atoms with Crippen molar-refractivity contribution in [1.82, 2.24) is 9.97 Å². The number of amides is 1. The second-order valence-corrected chi connectivity index (χ2v) is 7.33. The number of carbonyl (C=O) groups excluding carboxylic acids is 1. The molecule has 3 heterocycles. The predicted molar refractivity (Wildman–Crippen MR) is 90.2 cm³/mol. The fraction of sp³-hybridized carbons (Fsp3) is 0.562. The quantitative estimate of drug-likeness (QED) is 0.940. The van der Waals surface area contributed by atoms with Crippen LogP contribution in [-0.2, 0) is 11.2 Å². The van der Waals surface area contributed by atoms with Crippen LogP contribution in [0.15, 0.2) is 5.38 Å². The molecule has 1 aliphatic rings. The molecule has 1 amide bonds. The largest absolute Gasteiger partial charge is 0.369 e. The van der Waals surface area contributed by atoms with Crippen LogP contribution < -0.4 is 10.6 Å². The number of aryl methyl sites for hydroxylation is 1. The van der Waals surface area contributed by atoms with Gasteiger partial charge in [0.05, 0.1) is 11.3 Å². The molecule has 0 unspecified atom stereocenters. The number of primary amides is 1. The maximum absolute atomic E-state index is 11.4. The van der Waals surface area contributed by atoms with E-state index < -0.39 is 0 Å². The molecule has 1 atom stereocenters. The van der Waals surface area contributed by atoms with Crippen LogP contribution in [0, 0.1) is 18.8 Å². The first-order chi connectivity index (χ1) is 10.5. The van der Waals surface area contributed by atoms with Gasteiger partial charge >= 0.3 is 0 Å². The Morgan fingerprint density at radius 3 is 2.91 bits per heavy atom. The summed E-state index contributed by atoms with van der Waals surface area (Å²) < 4.78 is 0. The summed E-state index contributed by atoms with van der Waals surface area (Å²) in [6.45, 7) is 7.86. The molecule has 0 radical (unpaired) electrons. The van der Waals surface area contributed by atoms with Crippen molar-refractivity contribution >= 4 is 33.3 Å². The van der Waals surface area contributed by atoms with Gasteiger partial charge in [-0.25, -0.2) is 9.97 Å². The summed E-state index contributed by atoms with van der Waals surface area (Å²) in [6, 6.07) is 0. The van der Waals surface area contributed by atoms with Gasteiger partial charge in [-0.1, -0.05) is 13.8 Å². The Kier molecular flexibility index (Phi) is 4.04. The number of hydrogen-bond donors (Lipinski definition) is 1. The van der Waals surface area contributed by atoms with E-state index in [1.807, 2.05) is 6.92 Å². The van der Waals surface area contributed by atoms with Gasteiger partial charge in [0.1, 0.15) is 16.5 Å². The third kappa shape index (κ3) is 2.79. The highest BCUT2D eigenvalue weighted by molar-refractivity contribution is 7.17. The van der Waals surface area contributed by atoms with Gasteiger partial charge in [0.25, 0.3) is 0 Å². The molecule has 5 nitrogen and oxygen atoms in total. The molecule has 0 aromatic carbocycles. The average Bonchev–Trinajstić information content (AvgIpc) is 3.05. The number of carbonyl (C=O) groups is 1. The monoisotopic (exact) mass is 318 g/mol. The second-order valence-electron chi connectivity index (χ2n) is 6.47. The highest BCUT2D eigenvalue weighted by atomic mass is 32.1. The van der Waals surface area contributed by atoms with Crippen LogP contribution in [0.5, 0.6) is 0 Å². The van der Waals surface area contributed by atoms with Gasteiger partial charge < -0.3 is 10.6 Å². The summed E-state index contributed by atoms with van der Waals surface area (Å²) in [5.74, 6) is 2.06. The van der Waals surface area contributed by atoms with E-state index in [9.17, 15) is 4.79 Å². The first kappa shape index (κ1) is 15.2. The van der Waals surface area contributed by atoms with Crippen molar-refractivity contribution in [2.24, 2.45) is 17.6 Å². The molecule has 22 heavy (non-hydrogen) atoms. The van der Waals surface area contributed by atoms with Crippen molar-refractivity contribution in [2.45, 2.75) is 33.6 Å². The molecule has 2 N–H and O–H groups in total. The molecule has 2 aromatic heterocycles. The Bertz CT molecular complexity index is 709. The maximum Gasteiger partial charge on any atom is 0.222 e. The molecule has 3 rings (SSSR count). The van der Waals surface area contributed by atoms with E-state index in [0.29, 0.717) is 12.5 Å². The van der Waals surface area contributed by atoms with Crippen molar-refractivity contribution in [2.75, 3.05) is 18.0 Å².